The molecule has 17 heavy (non-hydrogen) atoms. The maximum absolute atomic E-state index is 5.74. The smallest absolute Gasteiger partial charge is 0.0584 e. The molecule has 0 aromatic carbocycles. The summed E-state index contributed by atoms with van der Waals surface area (Å²) in [6, 6.07) is 4.85. The van der Waals surface area contributed by atoms with Crippen LogP contribution >= 0.6 is 0 Å². The number of rotatable bonds is 3. The Morgan fingerprint density at radius 2 is 2.29 bits per heavy atom. The first-order valence-corrected chi connectivity index (χ1v) is 6.68. The predicted molar refractivity (Wildman–Crippen MR) is 70.5 cm³/mol. The summed E-state index contributed by atoms with van der Waals surface area (Å²) >= 11 is 0. The van der Waals surface area contributed by atoms with Crippen molar-refractivity contribution in [2.75, 3.05) is 6.54 Å². The second-order valence-electron chi connectivity index (χ2n) is 4.98. The molecule has 1 atom stereocenters. The molecular weight excluding hydrogens is 210 g/mol. The number of hydrogen-bond acceptors (Lipinski definition) is 3. The lowest BCUT2D eigenvalue weighted by Gasteiger charge is -2.27. The van der Waals surface area contributed by atoms with Crippen LogP contribution in [0.2, 0.25) is 0 Å². The molecule has 3 heteroatoms. The fourth-order valence-corrected chi connectivity index (χ4v) is 2.59. The highest BCUT2D eigenvalue weighted by molar-refractivity contribution is 5.19. The predicted octanol–water partition coefficient (Wildman–Crippen LogP) is 2.30. The maximum atomic E-state index is 5.74. The van der Waals surface area contributed by atoms with E-state index in [9.17, 15) is 0 Å². The summed E-state index contributed by atoms with van der Waals surface area (Å²) in [5.74, 6) is 0. The van der Waals surface area contributed by atoms with E-state index in [-0.39, 0.29) is 0 Å². The highest BCUT2D eigenvalue weighted by Crippen LogP contribution is 2.19. The van der Waals surface area contributed by atoms with Gasteiger partial charge in [-0.15, -0.1) is 0 Å². The summed E-state index contributed by atoms with van der Waals surface area (Å²) < 4.78 is 0. The molecular formula is C14H23N3. The molecule has 2 N–H and O–H groups in total. The number of hydrogen-bond donors (Lipinski definition) is 1. The molecule has 0 radical (unpaired) electrons. The van der Waals surface area contributed by atoms with E-state index in [4.69, 9.17) is 5.73 Å². The first kappa shape index (κ1) is 12.5. The topological polar surface area (TPSA) is 42.2 Å². The fraction of sp³-hybridized carbons (Fsp3) is 0.643. The summed E-state index contributed by atoms with van der Waals surface area (Å²) in [6.07, 6.45) is 7.21. The first-order chi connectivity index (χ1) is 8.31. The molecule has 1 aliphatic rings. The SMILES string of the molecule is CC1CCCCCN1Cc1cccnc1CN. The van der Waals surface area contributed by atoms with Crippen LogP contribution in [0.1, 0.15) is 43.9 Å². The Morgan fingerprint density at radius 3 is 3.12 bits per heavy atom. The Kier molecular flexibility index (Phi) is 4.51. The van der Waals surface area contributed by atoms with Crippen LogP contribution in [0.15, 0.2) is 18.3 Å². The van der Waals surface area contributed by atoms with Gasteiger partial charge in [0.2, 0.25) is 0 Å². The Labute approximate surface area is 104 Å². The van der Waals surface area contributed by atoms with Crippen LogP contribution in [-0.4, -0.2) is 22.5 Å². The number of aromatic nitrogens is 1. The van der Waals surface area contributed by atoms with Crippen molar-refractivity contribution >= 4 is 0 Å². The van der Waals surface area contributed by atoms with Crippen LogP contribution < -0.4 is 5.73 Å². The van der Waals surface area contributed by atoms with Crippen LogP contribution in [0.4, 0.5) is 0 Å². The molecule has 1 aromatic rings. The highest BCUT2D eigenvalue weighted by atomic mass is 15.1. The van der Waals surface area contributed by atoms with E-state index in [1.165, 1.54) is 37.8 Å². The Morgan fingerprint density at radius 1 is 1.41 bits per heavy atom. The van der Waals surface area contributed by atoms with Gasteiger partial charge < -0.3 is 5.73 Å². The molecule has 0 spiro atoms. The standard InChI is InChI=1S/C14H23N3/c1-12-6-3-2-4-9-17(12)11-13-7-5-8-16-14(13)10-15/h5,7-8,12H,2-4,6,9-11,15H2,1H3. The average molecular weight is 233 g/mol. The highest BCUT2D eigenvalue weighted by Gasteiger charge is 2.17. The molecule has 1 aliphatic heterocycles. The average Bonchev–Trinajstić information content (AvgIpc) is 2.56. The molecule has 0 saturated carbocycles. The van der Waals surface area contributed by atoms with Gasteiger partial charge in [-0.1, -0.05) is 18.9 Å². The third kappa shape index (κ3) is 3.27. The Bertz CT molecular complexity index is 351. The number of pyridine rings is 1. The number of likely N-dealkylation sites (tertiary alicyclic amines) is 1. The van der Waals surface area contributed by atoms with Gasteiger partial charge in [0, 0.05) is 25.3 Å². The summed E-state index contributed by atoms with van der Waals surface area (Å²) in [4.78, 5) is 6.93. The van der Waals surface area contributed by atoms with Gasteiger partial charge in [-0.2, -0.15) is 0 Å². The molecule has 0 aliphatic carbocycles. The van der Waals surface area contributed by atoms with Crippen molar-refractivity contribution in [3.63, 3.8) is 0 Å². The molecule has 2 heterocycles. The van der Waals surface area contributed by atoms with Gasteiger partial charge >= 0.3 is 0 Å². The van der Waals surface area contributed by atoms with Gasteiger partial charge in [-0.3, -0.25) is 9.88 Å². The zero-order valence-electron chi connectivity index (χ0n) is 10.7. The van der Waals surface area contributed by atoms with Crippen molar-refractivity contribution in [1.29, 1.82) is 0 Å². The van der Waals surface area contributed by atoms with Crippen LogP contribution in [0.3, 0.4) is 0 Å². The number of nitrogens with zero attached hydrogens (tertiary/aromatic N) is 2. The lowest BCUT2D eigenvalue weighted by Crippen LogP contribution is -2.32. The van der Waals surface area contributed by atoms with E-state index in [0.29, 0.717) is 12.6 Å². The van der Waals surface area contributed by atoms with Crippen LogP contribution in [-0.2, 0) is 13.1 Å². The molecule has 1 unspecified atom stereocenters. The van der Waals surface area contributed by atoms with Crippen molar-refractivity contribution in [3.05, 3.63) is 29.6 Å². The van der Waals surface area contributed by atoms with E-state index in [0.717, 1.165) is 12.2 Å². The van der Waals surface area contributed by atoms with Crippen molar-refractivity contribution < 1.29 is 0 Å². The van der Waals surface area contributed by atoms with Crippen molar-refractivity contribution in [1.82, 2.24) is 9.88 Å². The van der Waals surface area contributed by atoms with E-state index in [1.807, 2.05) is 12.3 Å². The monoisotopic (exact) mass is 233 g/mol. The van der Waals surface area contributed by atoms with Crippen LogP contribution in [0, 0.1) is 0 Å². The molecule has 1 fully saturated rings. The van der Waals surface area contributed by atoms with Gasteiger partial charge in [0.25, 0.3) is 0 Å². The zero-order valence-corrected chi connectivity index (χ0v) is 10.7. The molecule has 1 saturated heterocycles. The molecule has 3 nitrogen and oxygen atoms in total. The molecule has 94 valence electrons. The summed E-state index contributed by atoms with van der Waals surface area (Å²) in [5, 5.41) is 0. The largest absolute Gasteiger partial charge is 0.325 e. The second-order valence-corrected chi connectivity index (χ2v) is 4.98. The van der Waals surface area contributed by atoms with E-state index in [2.05, 4.69) is 22.9 Å². The third-order valence-corrected chi connectivity index (χ3v) is 3.74. The minimum Gasteiger partial charge on any atom is -0.325 e. The molecule has 0 bridgehead atoms. The summed E-state index contributed by atoms with van der Waals surface area (Å²) in [7, 11) is 0. The maximum Gasteiger partial charge on any atom is 0.0584 e. The van der Waals surface area contributed by atoms with Crippen LogP contribution in [0.25, 0.3) is 0 Å². The summed E-state index contributed by atoms with van der Waals surface area (Å²) in [6.45, 7) is 5.09. The van der Waals surface area contributed by atoms with E-state index >= 15 is 0 Å². The minimum atomic E-state index is 0.540. The molecule has 1 aromatic heterocycles. The van der Waals surface area contributed by atoms with E-state index in [1.54, 1.807) is 0 Å². The van der Waals surface area contributed by atoms with Gasteiger partial charge in [0.1, 0.15) is 0 Å². The fourth-order valence-electron chi connectivity index (χ4n) is 2.59. The van der Waals surface area contributed by atoms with Gasteiger partial charge in [0.15, 0.2) is 0 Å². The third-order valence-electron chi connectivity index (χ3n) is 3.74. The van der Waals surface area contributed by atoms with Crippen molar-refractivity contribution in [2.45, 2.75) is 51.7 Å². The van der Waals surface area contributed by atoms with Crippen molar-refractivity contribution in [3.8, 4) is 0 Å². The lowest BCUT2D eigenvalue weighted by molar-refractivity contribution is 0.204. The normalized spacial score (nSPS) is 22.4. The summed E-state index contributed by atoms with van der Waals surface area (Å²) in [5.41, 5.74) is 8.08. The van der Waals surface area contributed by atoms with Gasteiger partial charge in [-0.05, 0) is 37.9 Å². The minimum absolute atomic E-state index is 0.540. The van der Waals surface area contributed by atoms with Gasteiger partial charge in [-0.25, -0.2) is 0 Å². The molecule has 2 rings (SSSR count). The second kappa shape index (κ2) is 6.12. The van der Waals surface area contributed by atoms with Crippen molar-refractivity contribution in [2.24, 2.45) is 5.73 Å². The zero-order chi connectivity index (χ0) is 12.1. The van der Waals surface area contributed by atoms with Gasteiger partial charge in [0.05, 0.1) is 5.69 Å². The Balaban J connectivity index is 2.07. The molecule has 0 amide bonds. The number of nitrogens with two attached hydrogens (primary N) is 1. The Hall–Kier alpha value is -0.930. The lowest BCUT2D eigenvalue weighted by atomic mass is 10.1. The first-order valence-electron chi connectivity index (χ1n) is 6.68. The van der Waals surface area contributed by atoms with E-state index < -0.39 is 0 Å². The van der Waals surface area contributed by atoms with Crippen LogP contribution in [0.5, 0.6) is 0 Å². The quantitative estimate of drug-likeness (QED) is 0.871.